The predicted octanol–water partition coefficient (Wildman–Crippen LogP) is 4.33. The molecule has 0 atom stereocenters. The third-order valence-corrected chi connectivity index (χ3v) is 4.46. The molecule has 0 fully saturated rings. The lowest BCUT2D eigenvalue weighted by Gasteiger charge is -2.10. The molecule has 0 aromatic heterocycles. The molecule has 3 aromatic carbocycles. The Morgan fingerprint density at radius 1 is 0.793 bits per heavy atom. The zero-order valence-electron chi connectivity index (χ0n) is 16.3. The number of carbonyl (C=O) groups is 3. The van der Waals surface area contributed by atoms with E-state index in [4.69, 9.17) is 4.74 Å². The number of ether oxygens (including phenoxy) is 1. The van der Waals surface area contributed by atoms with Gasteiger partial charge in [0.2, 0.25) is 0 Å². The number of amides is 1. The fourth-order valence-electron chi connectivity index (χ4n) is 2.83. The molecule has 0 bridgehead atoms. The number of rotatable bonds is 6. The summed E-state index contributed by atoms with van der Waals surface area (Å²) < 4.78 is 5.14. The molecule has 0 heterocycles. The largest absolute Gasteiger partial charge is 0.452 e. The maximum absolute atomic E-state index is 12.8. The number of benzene rings is 3. The average Bonchev–Trinajstić information content (AvgIpc) is 2.74. The number of para-hydroxylation sites is 1. The van der Waals surface area contributed by atoms with Gasteiger partial charge in [-0.3, -0.25) is 9.59 Å². The number of esters is 1. The van der Waals surface area contributed by atoms with E-state index in [-0.39, 0.29) is 16.9 Å². The number of hydrogen-bond acceptors (Lipinski definition) is 4. The van der Waals surface area contributed by atoms with Crippen LogP contribution in [-0.4, -0.2) is 24.3 Å². The van der Waals surface area contributed by atoms with Crippen LogP contribution in [0.3, 0.4) is 0 Å². The van der Waals surface area contributed by atoms with Crippen molar-refractivity contribution in [1.29, 1.82) is 0 Å². The lowest BCUT2D eigenvalue weighted by atomic mass is 9.98. The lowest BCUT2D eigenvalue weighted by Crippen LogP contribution is -2.22. The smallest absolute Gasteiger partial charge is 0.339 e. The van der Waals surface area contributed by atoms with Gasteiger partial charge in [-0.1, -0.05) is 66.2 Å². The molecule has 0 aliphatic rings. The van der Waals surface area contributed by atoms with Crippen molar-refractivity contribution >= 4 is 23.3 Å². The van der Waals surface area contributed by atoms with Gasteiger partial charge in [0, 0.05) is 16.8 Å². The second-order valence-electron chi connectivity index (χ2n) is 6.68. The molecule has 0 unspecified atom stereocenters. The summed E-state index contributed by atoms with van der Waals surface area (Å²) in [6.45, 7) is 3.36. The molecule has 5 nitrogen and oxygen atoms in total. The van der Waals surface area contributed by atoms with Crippen LogP contribution in [0.15, 0.2) is 72.8 Å². The van der Waals surface area contributed by atoms with Crippen molar-refractivity contribution in [2.45, 2.75) is 13.8 Å². The van der Waals surface area contributed by atoms with E-state index in [1.807, 2.05) is 44.2 Å². The van der Waals surface area contributed by atoms with Gasteiger partial charge < -0.3 is 10.1 Å². The van der Waals surface area contributed by atoms with E-state index in [0.717, 1.165) is 11.1 Å². The SMILES string of the molecule is Cc1ccc(C(=O)c2ccccc2C(=O)OCC(=O)Nc2ccccc2C)cc1. The Labute approximate surface area is 169 Å². The molecular weight excluding hydrogens is 366 g/mol. The summed E-state index contributed by atoms with van der Waals surface area (Å²) in [5, 5.41) is 2.70. The van der Waals surface area contributed by atoms with E-state index in [2.05, 4.69) is 5.32 Å². The first-order chi connectivity index (χ1) is 14.0. The number of hydrogen-bond donors (Lipinski definition) is 1. The first-order valence-corrected chi connectivity index (χ1v) is 9.18. The quantitative estimate of drug-likeness (QED) is 0.505. The van der Waals surface area contributed by atoms with Gasteiger partial charge in [0.25, 0.3) is 5.91 Å². The van der Waals surface area contributed by atoms with Crippen molar-refractivity contribution in [3.05, 3.63) is 101 Å². The van der Waals surface area contributed by atoms with Gasteiger partial charge in [-0.2, -0.15) is 0 Å². The topological polar surface area (TPSA) is 72.5 Å². The van der Waals surface area contributed by atoms with Crippen molar-refractivity contribution in [3.63, 3.8) is 0 Å². The van der Waals surface area contributed by atoms with E-state index >= 15 is 0 Å². The van der Waals surface area contributed by atoms with E-state index in [0.29, 0.717) is 11.3 Å². The van der Waals surface area contributed by atoms with Crippen LogP contribution in [0.1, 0.15) is 37.4 Å². The monoisotopic (exact) mass is 387 g/mol. The molecule has 0 saturated carbocycles. The van der Waals surface area contributed by atoms with E-state index in [1.165, 1.54) is 6.07 Å². The summed E-state index contributed by atoms with van der Waals surface area (Å²) in [5.74, 6) is -1.45. The Balaban J connectivity index is 1.70. The highest BCUT2D eigenvalue weighted by molar-refractivity contribution is 6.14. The molecule has 3 aromatic rings. The number of carbonyl (C=O) groups excluding carboxylic acids is 3. The van der Waals surface area contributed by atoms with Crippen LogP contribution in [0, 0.1) is 13.8 Å². The van der Waals surface area contributed by atoms with Crippen molar-refractivity contribution in [2.24, 2.45) is 0 Å². The molecule has 0 radical (unpaired) electrons. The number of ketones is 1. The Kier molecular flexibility index (Phi) is 6.19. The Morgan fingerprint density at radius 2 is 1.41 bits per heavy atom. The fraction of sp³-hybridized carbons (Fsp3) is 0.125. The van der Waals surface area contributed by atoms with Crippen LogP contribution in [0.25, 0.3) is 0 Å². The van der Waals surface area contributed by atoms with Gasteiger partial charge in [0.05, 0.1) is 5.56 Å². The first kappa shape index (κ1) is 20.0. The third kappa shape index (κ3) is 4.96. The summed E-state index contributed by atoms with van der Waals surface area (Å²) in [6.07, 6.45) is 0. The molecule has 0 saturated heterocycles. The Morgan fingerprint density at radius 3 is 2.10 bits per heavy atom. The minimum absolute atomic E-state index is 0.127. The highest BCUT2D eigenvalue weighted by Crippen LogP contribution is 2.17. The van der Waals surface area contributed by atoms with Crippen LogP contribution < -0.4 is 5.32 Å². The molecule has 0 spiro atoms. The number of aryl methyl sites for hydroxylation is 2. The molecular formula is C24H21NO4. The Hall–Kier alpha value is -3.73. The minimum atomic E-state index is -0.721. The molecule has 29 heavy (non-hydrogen) atoms. The standard InChI is InChI=1S/C24H21NO4/c1-16-11-13-18(14-12-16)23(27)19-8-4-5-9-20(19)24(28)29-15-22(26)25-21-10-6-3-7-17(21)2/h3-14H,15H2,1-2H3,(H,25,26). The van der Waals surface area contributed by atoms with E-state index in [9.17, 15) is 14.4 Å². The molecule has 0 aliphatic carbocycles. The molecule has 1 N–H and O–H groups in total. The first-order valence-electron chi connectivity index (χ1n) is 9.18. The fourth-order valence-corrected chi connectivity index (χ4v) is 2.83. The second kappa shape index (κ2) is 8.97. The maximum Gasteiger partial charge on any atom is 0.339 e. The van der Waals surface area contributed by atoms with Crippen LogP contribution >= 0.6 is 0 Å². The summed E-state index contributed by atoms with van der Waals surface area (Å²) >= 11 is 0. The van der Waals surface area contributed by atoms with Crippen molar-refractivity contribution in [3.8, 4) is 0 Å². The van der Waals surface area contributed by atoms with Crippen molar-refractivity contribution in [2.75, 3.05) is 11.9 Å². The van der Waals surface area contributed by atoms with Crippen LogP contribution in [0.2, 0.25) is 0 Å². The van der Waals surface area contributed by atoms with Gasteiger partial charge in [0.15, 0.2) is 12.4 Å². The summed E-state index contributed by atoms with van der Waals surface area (Å²) in [7, 11) is 0. The van der Waals surface area contributed by atoms with Crippen LogP contribution in [-0.2, 0) is 9.53 Å². The zero-order chi connectivity index (χ0) is 20.8. The Bertz CT molecular complexity index is 1050. The number of anilines is 1. The van der Waals surface area contributed by atoms with Gasteiger partial charge in [-0.15, -0.1) is 0 Å². The maximum atomic E-state index is 12.8. The highest BCUT2D eigenvalue weighted by atomic mass is 16.5. The lowest BCUT2D eigenvalue weighted by molar-refractivity contribution is -0.119. The average molecular weight is 387 g/mol. The van der Waals surface area contributed by atoms with E-state index < -0.39 is 18.5 Å². The van der Waals surface area contributed by atoms with Gasteiger partial charge in [-0.25, -0.2) is 4.79 Å². The van der Waals surface area contributed by atoms with Crippen molar-refractivity contribution < 1.29 is 19.1 Å². The zero-order valence-corrected chi connectivity index (χ0v) is 16.3. The van der Waals surface area contributed by atoms with Crippen LogP contribution in [0.5, 0.6) is 0 Å². The van der Waals surface area contributed by atoms with Gasteiger partial charge >= 0.3 is 5.97 Å². The minimum Gasteiger partial charge on any atom is -0.452 e. The molecule has 1 amide bonds. The van der Waals surface area contributed by atoms with E-state index in [1.54, 1.807) is 36.4 Å². The molecule has 3 rings (SSSR count). The summed E-state index contributed by atoms with van der Waals surface area (Å²) in [4.78, 5) is 37.5. The molecule has 5 heteroatoms. The summed E-state index contributed by atoms with van der Waals surface area (Å²) in [6, 6.07) is 20.8. The number of nitrogens with one attached hydrogen (secondary N) is 1. The van der Waals surface area contributed by atoms with Gasteiger partial charge in [0.1, 0.15) is 0 Å². The van der Waals surface area contributed by atoms with Gasteiger partial charge in [-0.05, 0) is 31.5 Å². The second-order valence-corrected chi connectivity index (χ2v) is 6.68. The predicted molar refractivity (Wildman–Crippen MR) is 111 cm³/mol. The molecule has 146 valence electrons. The molecule has 0 aliphatic heterocycles. The van der Waals surface area contributed by atoms with Crippen molar-refractivity contribution in [1.82, 2.24) is 0 Å². The summed E-state index contributed by atoms with van der Waals surface area (Å²) in [5.41, 5.74) is 3.44. The van der Waals surface area contributed by atoms with Crippen LogP contribution in [0.4, 0.5) is 5.69 Å². The highest BCUT2D eigenvalue weighted by Gasteiger charge is 2.20. The third-order valence-electron chi connectivity index (χ3n) is 4.46. The normalized spacial score (nSPS) is 10.3.